The average molecular weight is 306 g/mol. The zero-order valence-electron chi connectivity index (χ0n) is 14.7. The first-order valence-corrected chi connectivity index (χ1v) is 8.38. The van der Waals surface area contributed by atoms with Crippen LogP contribution in [0.3, 0.4) is 0 Å². The highest BCUT2D eigenvalue weighted by Crippen LogP contribution is 2.41. The second-order valence-corrected chi connectivity index (χ2v) is 5.52. The van der Waals surface area contributed by atoms with Crippen LogP contribution in [-0.4, -0.2) is 19.3 Å². The molecule has 3 heteroatoms. The highest BCUT2D eigenvalue weighted by molar-refractivity contribution is 5.61. The quantitative estimate of drug-likeness (QED) is 0.638. The van der Waals surface area contributed by atoms with Gasteiger partial charge in [-0.1, -0.05) is 40.0 Å². The summed E-state index contributed by atoms with van der Waals surface area (Å²) in [4.78, 5) is 0. The van der Waals surface area contributed by atoms with E-state index in [0.29, 0.717) is 5.75 Å². The molecule has 0 heterocycles. The van der Waals surface area contributed by atoms with Crippen molar-refractivity contribution in [2.24, 2.45) is 0 Å². The Kier molecular flexibility index (Phi) is 8.32. The molecule has 0 aliphatic heterocycles. The van der Waals surface area contributed by atoms with E-state index in [0.717, 1.165) is 36.8 Å². The Hall–Kier alpha value is -1.22. The van der Waals surface area contributed by atoms with E-state index in [-0.39, 0.29) is 5.75 Å². The van der Waals surface area contributed by atoms with Crippen molar-refractivity contribution in [1.82, 2.24) is 0 Å². The van der Waals surface area contributed by atoms with Crippen molar-refractivity contribution in [3.05, 3.63) is 28.9 Å². The topological polar surface area (TPSA) is 38.7 Å². The minimum absolute atomic E-state index is 0.257. The Morgan fingerprint density at radius 3 is 2.09 bits per heavy atom. The molecule has 0 aromatic heterocycles. The Labute approximate surface area is 135 Å². The number of methoxy groups -OCH3 is 2. The van der Waals surface area contributed by atoms with Crippen molar-refractivity contribution < 1.29 is 14.6 Å². The summed E-state index contributed by atoms with van der Waals surface area (Å²) >= 11 is 0. The van der Waals surface area contributed by atoms with Crippen molar-refractivity contribution in [2.45, 2.75) is 65.7 Å². The van der Waals surface area contributed by atoms with Crippen LogP contribution in [0.1, 0.15) is 68.7 Å². The van der Waals surface area contributed by atoms with E-state index >= 15 is 0 Å². The van der Waals surface area contributed by atoms with Crippen molar-refractivity contribution in [3.63, 3.8) is 0 Å². The van der Waals surface area contributed by atoms with Gasteiger partial charge in [0.15, 0.2) is 18.1 Å². The standard InChI is InChI=1S/C19H30O3/c1-6-9-10-11-12-16-14(7-2)15(8-3)17(13-21-4)19(22-5)18(16)20/h20H,6-12H2,1-5H3. The average Bonchev–Trinajstić information content (AvgIpc) is 2.53. The van der Waals surface area contributed by atoms with Gasteiger partial charge in [-0.2, -0.15) is 0 Å². The summed E-state index contributed by atoms with van der Waals surface area (Å²) in [5, 5.41) is 10.7. The van der Waals surface area contributed by atoms with Crippen LogP contribution in [-0.2, 0) is 24.0 Å². The molecular weight excluding hydrogens is 276 g/mol. The fourth-order valence-corrected chi connectivity index (χ4v) is 3.09. The molecule has 0 saturated heterocycles. The first-order chi connectivity index (χ1) is 10.7. The molecule has 0 bridgehead atoms. The van der Waals surface area contributed by atoms with E-state index in [1.165, 1.54) is 30.4 Å². The SMILES string of the molecule is CCCCCCc1c(O)c(OC)c([C]OC)c(CC)c1CC. The van der Waals surface area contributed by atoms with Crippen LogP contribution in [0.15, 0.2) is 0 Å². The zero-order valence-corrected chi connectivity index (χ0v) is 14.7. The van der Waals surface area contributed by atoms with Gasteiger partial charge in [-0.3, -0.25) is 0 Å². The Bertz CT molecular complexity index is 466. The molecule has 3 nitrogen and oxygen atoms in total. The summed E-state index contributed by atoms with van der Waals surface area (Å²) in [6, 6.07) is 0. The molecule has 0 unspecified atom stereocenters. The normalized spacial score (nSPS) is 11.0. The van der Waals surface area contributed by atoms with Crippen molar-refractivity contribution in [3.8, 4) is 11.5 Å². The minimum atomic E-state index is 0.257. The summed E-state index contributed by atoms with van der Waals surface area (Å²) in [5.41, 5.74) is 4.18. The van der Waals surface area contributed by atoms with Crippen molar-refractivity contribution >= 4 is 0 Å². The van der Waals surface area contributed by atoms with Gasteiger partial charge in [0.2, 0.25) is 0 Å². The van der Waals surface area contributed by atoms with E-state index in [9.17, 15) is 5.11 Å². The van der Waals surface area contributed by atoms with Gasteiger partial charge in [0.05, 0.1) is 7.11 Å². The maximum atomic E-state index is 10.7. The van der Waals surface area contributed by atoms with Crippen molar-refractivity contribution in [1.29, 1.82) is 0 Å². The first kappa shape index (κ1) is 18.8. The molecule has 124 valence electrons. The van der Waals surface area contributed by atoms with Gasteiger partial charge in [0, 0.05) is 18.2 Å². The lowest BCUT2D eigenvalue weighted by molar-refractivity contribution is 0.284. The maximum absolute atomic E-state index is 10.7. The van der Waals surface area contributed by atoms with E-state index in [2.05, 4.69) is 27.4 Å². The lowest BCUT2D eigenvalue weighted by Crippen LogP contribution is -2.07. The number of hydrogen-bond acceptors (Lipinski definition) is 3. The number of rotatable bonds is 10. The molecule has 2 radical (unpaired) electrons. The molecule has 0 aliphatic carbocycles. The summed E-state index contributed by atoms with van der Waals surface area (Å²) in [6.07, 6.45) is 7.40. The molecule has 0 atom stereocenters. The van der Waals surface area contributed by atoms with Gasteiger partial charge >= 0.3 is 0 Å². The number of benzene rings is 1. The molecule has 1 N–H and O–H groups in total. The maximum Gasteiger partial charge on any atom is 0.170 e. The van der Waals surface area contributed by atoms with Crippen LogP contribution in [0.2, 0.25) is 0 Å². The highest BCUT2D eigenvalue weighted by Gasteiger charge is 2.23. The second-order valence-electron chi connectivity index (χ2n) is 5.52. The smallest absolute Gasteiger partial charge is 0.170 e. The second kappa shape index (κ2) is 9.73. The van der Waals surface area contributed by atoms with Gasteiger partial charge in [-0.15, -0.1) is 0 Å². The minimum Gasteiger partial charge on any atom is -0.504 e. The number of phenols is 1. The molecule has 0 fully saturated rings. The lowest BCUT2D eigenvalue weighted by Gasteiger charge is -2.21. The van der Waals surface area contributed by atoms with Crippen LogP contribution in [0, 0.1) is 6.61 Å². The number of aromatic hydroxyl groups is 1. The number of phenolic OH excluding ortho intramolecular Hbond substituents is 1. The third kappa shape index (κ3) is 4.16. The summed E-state index contributed by atoms with van der Waals surface area (Å²) < 4.78 is 10.5. The summed E-state index contributed by atoms with van der Waals surface area (Å²) in [6.45, 7) is 9.34. The van der Waals surface area contributed by atoms with E-state index in [1.807, 2.05) is 0 Å². The third-order valence-electron chi connectivity index (χ3n) is 4.15. The largest absolute Gasteiger partial charge is 0.504 e. The summed E-state index contributed by atoms with van der Waals surface area (Å²) in [7, 11) is 3.15. The molecule has 22 heavy (non-hydrogen) atoms. The molecule has 0 saturated carbocycles. The molecule has 1 rings (SSSR count). The zero-order chi connectivity index (χ0) is 16.5. The predicted molar refractivity (Wildman–Crippen MR) is 90.6 cm³/mol. The van der Waals surface area contributed by atoms with E-state index < -0.39 is 0 Å². The number of ether oxygens (including phenoxy) is 2. The lowest BCUT2D eigenvalue weighted by atomic mass is 9.88. The Morgan fingerprint density at radius 1 is 0.909 bits per heavy atom. The Balaban J connectivity index is 3.29. The fourth-order valence-electron chi connectivity index (χ4n) is 3.09. The highest BCUT2D eigenvalue weighted by atomic mass is 16.5. The molecule has 1 aromatic rings. The number of unbranched alkanes of at least 4 members (excludes halogenated alkanes) is 3. The van der Waals surface area contributed by atoms with Crippen molar-refractivity contribution in [2.75, 3.05) is 14.2 Å². The molecule has 1 aromatic carbocycles. The molecule has 0 amide bonds. The van der Waals surface area contributed by atoms with Crippen LogP contribution >= 0.6 is 0 Å². The fraction of sp³-hybridized carbons (Fsp3) is 0.632. The van der Waals surface area contributed by atoms with E-state index in [4.69, 9.17) is 9.47 Å². The molecule has 0 aliphatic rings. The third-order valence-corrected chi connectivity index (χ3v) is 4.15. The predicted octanol–water partition coefficient (Wildman–Crippen LogP) is 4.68. The van der Waals surface area contributed by atoms with Crippen LogP contribution < -0.4 is 4.74 Å². The van der Waals surface area contributed by atoms with Crippen LogP contribution in [0.4, 0.5) is 0 Å². The van der Waals surface area contributed by atoms with Gasteiger partial charge in [-0.05, 0) is 36.8 Å². The molecule has 0 spiro atoms. The summed E-state index contributed by atoms with van der Waals surface area (Å²) in [5.74, 6) is 0.744. The van der Waals surface area contributed by atoms with Gasteiger partial charge in [0.1, 0.15) is 0 Å². The monoisotopic (exact) mass is 306 g/mol. The first-order valence-electron chi connectivity index (χ1n) is 8.38. The van der Waals surface area contributed by atoms with Gasteiger partial charge in [0.25, 0.3) is 0 Å². The van der Waals surface area contributed by atoms with Crippen LogP contribution in [0.25, 0.3) is 0 Å². The van der Waals surface area contributed by atoms with E-state index in [1.54, 1.807) is 14.2 Å². The number of hydrogen-bond donors (Lipinski definition) is 1. The molecular formula is C19H30O3. The Morgan fingerprint density at radius 2 is 1.59 bits per heavy atom. The van der Waals surface area contributed by atoms with Gasteiger partial charge in [-0.25, -0.2) is 0 Å². The van der Waals surface area contributed by atoms with Crippen LogP contribution in [0.5, 0.6) is 11.5 Å². The van der Waals surface area contributed by atoms with Gasteiger partial charge < -0.3 is 14.6 Å².